The molecule has 102 valence electrons. The van der Waals surface area contributed by atoms with Gasteiger partial charge < -0.3 is 5.73 Å². The minimum Gasteiger partial charge on any atom is -0.320 e. The van der Waals surface area contributed by atoms with Crippen molar-refractivity contribution in [3.05, 3.63) is 68.8 Å². The van der Waals surface area contributed by atoms with Crippen LogP contribution in [0.15, 0.2) is 42.5 Å². The first-order valence-corrected chi connectivity index (χ1v) is 7.51. The van der Waals surface area contributed by atoms with Gasteiger partial charge in [0.25, 0.3) is 0 Å². The third kappa shape index (κ3) is 2.54. The average molecular weight is 326 g/mol. The Bertz CT molecular complexity index is 785. The lowest BCUT2D eigenvalue weighted by Gasteiger charge is -2.12. The molecule has 1 atom stereocenters. The second-order valence-corrected chi connectivity index (χ2v) is 6.43. The van der Waals surface area contributed by atoms with E-state index in [0.717, 1.165) is 20.5 Å². The minimum absolute atomic E-state index is 0.254. The predicted octanol–water partition coefficient (Wildman–Crippen LogP) is 5.40. The van der Waals surface area contributed by atoms with Crippen molar-refractivity contribution in [3.63, 3.8) is 0 Å². The van der Waals surface area contributed by atoms with E-state index in [1.54, 1.807) is 24.3 Å². The Labute approximate surface area is 129 Å². The number of halogens is 3. The highest BCUT2D eigenvalue weighted by Gasteiger charge is 2.16. The average Bonchev–Trinajstić information content (AvgIpc) is 2.83. The highest BCUT2D eigenvalue weighted by atomic mass is 35.5. The maximum Gasteiger partial charge on any atom is 0.123 e. The molecule has 20 heavy (non-hydrogen) atoms. The van der Waals surface area contributed by atoms with Gasteiger partial charge in [0.15, 0.2) is 0 Å². The van der Waals surface area contributed by atoms with Crippen molar-refractivity contribution in [2.24, 2.45) is 5.73 Å². The third-order valence-electron chi connectivity index (χ3n) is 3.10. The summed E-state index contributed by atoms with van der Waals surface area (Å²) < 4.78 is 14.2. The highest BCUT2D eigenvalue weighted by molar-refractivity contribution is 7.19. The Morgan fingerprint density at radius 1 is 1.05 bits per heavy atom. The molecule has 0 radical (unpaired) electrons. The molecule has 0 aliphatic heterocycles. The van der Waals surface area contributed by atoms with E-state index in [1.165, 1.54) is 23.5 Å². The first-order valence-electron chi connectivity index (χ1n) is 5.94. The molecule has 3 rings (SSSR count). The molecule has 1 aromatic heterocycles. The Balaban J connectivity index is 2.07. The normalized spacial score (nSPS) is 12.8. The molecule has 5 heteroatoms. The largest absolute Gasteiger partial charge is 0.320 e. The summed E-state index contributed by atoms with van der Waals surface area (Å²) in [4.78, 5) is 0.926. The fraction of sp³-hybridized carbons (Fsp3) is 0.0667. The summed E-state index contributed by atoms with van der Waals surface area (Å²) in [5.41, 5.74) is 7.03. The van der Waals surface area contributed by atoms with Crippen LogP contribution >= 0.6 is 34.5 Å². The Morgan fingerprint density at radius 2 is 1.85 bits per heavy atom. The molecule has 2 N–H and O–H groups in total. The van der Waals surface area contributed by atoms with Crippen molar-refractivity contribution in [3.8, 4) is 0 Å². The molecular weight excluding hydrogens is 316 g/mol. The molecule has 3 aromatic rings. The van der Waals surface area contributed by atoms with Gasteiger partial charge in [-0.05, 0) is 53.4 Å². The predicted molar refractivity (Wildman–Crippen MR) is 84.3 cm³/mol. The lowest BCUT2D eigenvalue weighted by molar-refractivity contribution is 0.630. The van der Waals surface area contributed by atoms with Gasteiger partial charge in [0, 0.05) is 19.6 Å². The van der Waals surface area contributed by atoms with Crippen LogP contribution in [0.25, 0.3) is 10.1 Å². The quantitative estimate of drug-likeness (QED) is 0.671. The van der Waals surface area contributed by atoms with Gasteiger partial charge >= 0.3 is 0 Å². The standard InChI is InChI=1S/C15H10Cl2FNS/c16-9-1-3-12(17)11(7-9)15(19)14-6-8-5-10(18)2-4-13(8)20-14/h1-7,15H,19H2. The molecule has 0 fully saturated rings. The Kier molecular flexibility index (Phi) is 3.69. The van der Waals surface area contributed by atoms with E-state index >= 15 is 0 Å². The number of nitrogens with two attached hydrogens (primary N) is 1. The van der Waals surface area contributed by atoms with E-state index in [0.29, 0.717) is 10.0 Å². The van der Waals surface area contributed by atoms with Crippen molar-refractivity contribution in [1.82, 2.24) is 0 Å². The maximum absolute atomic E-state index is 13.2. The molecule has 0 spiro atoms. The number of hydrogen-bond acceptors (Lipinski definition) is 2. The van der Waals surface area contributed by atoms with Crippen LogP contribution in [-0.2, 0) is 0 Å². The van der Waals surface area contributed by atoms with Gasteiger partial charge in [-0.2, -0.15) is 0 Å². The lowest BCUT2D eigenvalue weighted by Crippen LogP contribution is -2.10. The van der Waals surface area contributed by atoms with Gasteiger partial charge in [0.2, 0.25) is 0 Å². The molecule has 0 aliphatic rings. The van der Waals surface area contributed by atoms with Gasteiger partial charge in [-0.25, -0.2) is 4.39 Å². The zero-order chi connectivity index (χ0) is 14.3. The zero-order valence-electron chi connectivity index (χ0n) is 10.2. The van der Waals surface area contributed by atoms with Crippen LogP contribution in [0.3, 0.4) is 0 Å². The highest BCUT2D eigenvalue weighted by Crippen LogP contribution is 2.35. The summed E-state index contributed by atoms with van der Waals surface area (Å²) in [6.07, 6.45) is 0. The number of rotatable bonds is 2. The molecule has 0 saturated heterocycles. The SMILES string of the molecule is NC(c1cc2cc(F)ccc2s1)c1cc(Cl)ccc1Cl. The monoisotopic (exact) mass is 325 g/mol. The van der Waals surface area contributed by atoms with E-state index in [9.17, 15) is 4.39 Å². The number of thiophene rings is 1. The maximum atomic E-state index is 13.2. The summed E-state index contributed by atoms with van der Waals surface area (Å²) in [5.74, 6) is -0.254. The van der Waals surface area contributed by atoms with Gasteiger partial charge in [-0.1, -0.05) is 23.2 Å². The first-order chi connectivity index (χ1) is 9.54. The van der Waals surface area contributed by atoms with Crippen molar-refractivity contribution in [2.75, 3.05) is 0 Å². The molecule has 0 bridgehead atoms. The molecule has 1 nitrogen and oxygen atoms in total. The molecule has 2 aromatic carbocycles. The van der Waals surface area contributed by atoms with Crippen molar-refractivity contribution in [1.29, 1.82) is 0 Å². The molecule has 0 saturated carbocycles. The summed E-state index contributed by atoms with van der Waals surface area (Å²) in [6.45, 7) is 0. The zero-order valence-corrected chi connectivity index (χ0v) is 12.6. The van der Waals surface area contributed by atoms with E-state index in [2.05, 4.69) is 0 Å². The van der Waals surface area contributed by atoms with Gasteiger partial charge in [0.1, 0.15) is 5.82 Å². The Hall–Kier alpha value is -1.13. The van der Waals surface area contributed by atoms with Crippen LogP contribution in [-0.4, -0.2) is 0 Å². The smallest absolute Gasteiger partial charge is 0.123 e. The third-order valence-corrected chi connectivity index (χ3v) is 4.88. The van der Waals surface area contributed by atoms with E-state index in [1.807, 2.05) is 6.07 Å². The van der Waals surface area contributed by atoms with Crippen LogP contribution in [0.2, 0.25) is 10.0 Å². The van der Waals surface area contributed by atoms with Crippen LogP contribution in [0.1, 0.15) is 16.5 Å². The van der Waals surface area contributed by atoms with Crippen molar-refractivity contribution >= 4 is 44.6 Å². The number of benzene rings is 2. The molecular formula is C15H10Cl2FNS. The minimum atomic E-state index is -0.373. The van der Waals surface area contributed by atoms with Crippen LogP contribution in [0.5, 0.6) is 0 Å². The molecule has 0 aliphatic carbocycles. The van der Waals surface area contributed by atoms with Crippen LogP contribution in [0.4, 0.5) is 4.39 Å². The van der Waals surface area contributed by atoms with E-state index < -0.39 is 0 Å². The fourth-order valence-corrected chi connectivity index (χ4v) is 3.58. The Morgan fingerprint density at radius 3 is 2.65 bits per heavy atom. The number of hydrogen-bond donors (Lipinski definition) is 1. The topological polar surface area (TPSA) is 26.0 Å². The summed E-state index contributed by atoms with van der Waals surface area (Å²) in [5, 5.41) is 2.01. The van der Waals surface area contributed by atoms with Crippen LogP contribution < -0.4 is 5.73 Å². The summed E-state index contributed by atoms with van der Waals surface area (Å²) in [6, 6.07) is 11.4. The first kappa shape index (κ1) is 13.8. The second kappa shape index (κ2) is 5.34. The van der Waals surface area contributed by atoms with Crippen molar-refractivity contribution in [2.45, 2.75) is 6.04 Å². The van der Waals surface area contributed by atoms with Gasteiger partial charge in [-0.15, -0.1) is 11.3 Å². The van der Waals surface area contributed by atoms with Crippen molar-refractivity contribution < 1.29 is 4.39 Å². The summed E-state index contributed by atoms with van der Waals surface area (Å²) in [7, 11) is 0. The van der Waals surface area contributed by atoms with Crippen LogP contribution in [0, 0.1) is 5.82 Å². The van der Waals surface area contributed by atoms with Gasteiger partial charge in [-0.3, -0.25) is 0 Å². The van der Waals surface area contributed by atoms with E-state index in [-0.39, 0.29) is 11.9 Å². The molecule has 1 unspecified atom stereocenters. The molecule has 1 heterocycles. The second-order valence-electron chi connectivity index (χ2n) is 4.47. The molecule has 0 amide bonds. The lowest BCUT2D eigenvalue weighted by atomic mass is 10.1. The van der Waals surface area contributed by atoms with Gasteiger partial charge in [0.05, 0.1) is 6.04 Å². The summed E-state index contributed by atoms with van der Waals surface area (Å²) >= 11 is 13.7. The number of fused-ring (bicyclic) bond motifs is 1. The van der Waals surface area contributed by atoms with E-state index in [4.69, 9.17) is 28.9 Å². The fourth-order valence-electron chi connectivity index (χ4n) is 2.09.